The number of thioether (sulfide) groups is 1. The highest BCUT2D eigenvalue weighted by atomic mass is 32.2. The summed E-state index contributed by atoms with van der Waals surface area (Å²) < 4.78 is 0. The average molecular weight is 200 g/mol. The predicted molar refractivity (Wildman–Crippen MR) is 58.8 cm³/mol. The van der Waals surface area contributed by atoms with E-state index in [0.717, 1.165) is 5.92 Å². The molecular formula is C10H20N2S. The number of hydrogen-bond donors (Lipinski definition) is 1. The van der Waals surface area contributed by atoms with Gasteiger partial charge in [-0.05, 0) is 11.3 Å². The summed E-state index contributed by atoms with van der Waals surface area (Å²) in [6.45, 7) is 10.8. The van der Waals surface area contributed by atoms with E-state index in [-0.39, 0.29) is 0 Å². The third-order valence-electron chi connectivity index (χ3n) is 3.20. The molecule has 0 aliphatic carbocycles. The summed E-state index contributed by atoms with van der Waals surface area (Å²) in [4.78, 5) is 2.59. The standard InChI is InChI=1S/C10H20N2S/c1-10(2,3)8-6-11-9-12(7-8)4-5-13-9/h8-9,11H,4-7H2,1-3H3. The summed E-state index contributed by atoms with van der Waals surface area (Å²) in [6.07, 6.45) is 0. The number of hydrogen-bond acceptors (Lipinski definition) is 3. The molecule has 2 rings (SSSR count). The van der Waals surface area contributed by atoms with Gasteiger partial charge in [0.25, 0.3) is 0 Å². The Balaban J connectivity index is 1.97. The van der Waals surface area contributed by atoms with E-state index in [2.05, 4.69) is 42.7 Å². The van der Waals surface area contributed by atoms with E-state index >= 15 is 0 Å². The van der Waals surface area contributed by atoms with E-state index in [0.29, 0.717) is 10.9 Å². The Labute approximate surface area is 85.4 Å². The molecule has 2 aliphatic heterocycles. The van der Waals surface area contributed by atoms with Gasteiger partial charge in [-0.1, -0.05) is 20.8 Å². The Hall–Kier alpha value is 0.270. The molecule has 2 aliphatic rings. The lowest BCUT2D eigenvalue weighted by Crippen LogP contribution is -2.53. The fraction of sp³-hybridized carbons (Fsp3) is 1.00. The van der Waals surface area contributed by atoms with Gasteiger partial charge in [0.1, 0.15) is 5.50 Å². The lowest BCUT2D eigenvalue weighted by molar-refractivity contribution is 0.0960. The van der Waals surface area contributed by atoms with Crippen molar-refractivity contribution in [2.24, 2.45) is 11.3 Å². The van der Waals surface area contributed by atoms with Crippen LogP contribution in [0.4, 0.5) is 0 Å². The van der Waals surface area contributed by atoms with Crippen molar-refractivity contribution in [2.75, 3.05) is 25.4 Å². The zero-order valence-electron chi connectivity index (χ0n) is 8.84. The predicted octanol–water partition coefficient (Wildman–Crippen LogP) is 1.58. The minimum Gasteiger partial charge on any atom is -0.293 e. The molecule has 2 unspecified atom stereocenters. The second-order valence-corrected chi connectivity index (χ2v) is 6.38. The smallest absolute Gasteiger partial charge is 0.108 e. The van der Waals surface area contributed by atoms with E-state index in [1.165, 1.54) is 25.4 Å². The van der Waals surface area contributed by atoms with Crippen molar-refractivity contribution in [3.05, 3.63) is 0 Å². The molecular weight excluding hydrogens is 180 g/mol. The van der Waals surface area contributed by atoms with Crippen molar-refractivity contribution in [2.45, 2.75) is 26.3 Å². The van der Waals surface area contributed by atoms with Crippen LogP contribution in [-0.4, -0.2) is 35.8 Å². The third-order valence-corrected chi connectivity index (χ3v) is 4.40. The lowest BCUT2D eigenvalue weighted by Gasteiger charge is -2.41. The molecule has 0 aromatic carbocycles. The summed E-state index contributed by atoms with van der Waals surface area (Å²) in [5, 5.41) is 3.63. The lowest BCUT2D eigenvalue weighted by atomic mass is 9.79. The van der Waals surface area contributed by atoms with Crippen LogP contribution in [0.25, 0.3) is 0 Å². The Bertz CT molecular complexity index is 188. The molecule has 0 spiro atoms. The molecule has 3 heteroatoms. The van der Waals surface area contributed by atoms with Gasteiger partial charge in [0.15, 0.2) is 0 Å². The Morgan fingerprint density at radius 1 is 1.38 bits per heavy atom. The minimum absolute atomic E-state index is 0.450. The van der Waals surface area contributed by atoms with Crippen molar-refractivity contribution >= 4 is 11.8 Å². The second kappa shape index (κ2) is 3.44. The van der Waals surface area contributed by atoms with Gasteiger partial charge in [-0.25, -0.2) is 0 Å². The van der Waals surface area contributed by atoms with Crippen LogP contribution < -0.4 is 5.32 Å². The van der Waals surface area contributed by atoms with E-state index in [1.54, 1.807) is 0 Å². The maximum atomic E-state index is 3.63. The van der Waals surface area contributed by atoms with E-state index in [1.807, 2.05) is 0 Å². The summed E-state index contributed by atoms with van der Waals surface area (Å²) in [7, 11) is 0. The number of nitrogens with one attached hydrogen (secondary N) is 1. The van der Waals surface area contributed by atoms with Crippen molar-refractivity contribution < 1.29 is 0 Å². The molecule has 0 saturated carbocycles. The minimum atomic E-state index is 0.450. The van der Waals surface area contributed by atoms with Crippen molar-refractivity contribution in [3.63, 3.8) is 0 Å². The van der Waals surface area contributed by atoms with Crippen LogP contribution in [0.2, 0.25) is 0 Å². The normalized spacial score (nSPS) is 36.2. The second-order valence-electron chi connectivity index (χ2n) is 5.19. The van der Waals surface area contributed by atoms with Gasteiger partial charge in [0, 0.05) is 25.4 Å². The van der Waals surface area contributed by atoms with Gasteiger partial charge in [0.2, 0.25) is 0 Å². The summed E-state index contributed by atoms with van der Waals surface area (Å²) in [5.74, 6) is 2.11. The first kappa shape index (κ1) is 9.81. The van der Waals surface area contributed by atoms with E-state index in [9.17, 15) is 0 Å². The molecule has 1 N–H and O–H groups in total. The van der Waals surface area contributed by atoms with Crippen LogP contribution in [0.5, 0.6) is 0 Å². The quantitative estimate of drug-likeness (QED) is 0.639. The molecule has 0 bridgehead atoms. The van der Waals surface area contributed by atoms with Gasteiger partial charge < -0.3 is 0 Å². The van der Waals surface area contributed by atoms with Crippen LogP contribution in [0.1, 0.15) is 20.8 Å². The summed E-state index contributed by atoms with van der Waals surface area (Å²) in [6, 6.07) is 0. The van der Waals surface area contributed by atoms with Crippen LogP contribution in [0.3, 0.4) is 0 Å². The van der Waals surface area contributed by atoms with Crippen LogP contribution in [0.15, 0.2) is 0 Å². The van der Waals surface area contributed by atoms with Gasteiger partial charge >= 0.3 is 0 Å². The molecule has 0 amide bonds. The number of fused-ring (bicyclic) bond motifs is 1. The zero-order valence-corrected chi connectivity index (χ0v) is 9.66. The number of rotatable bonds is 0. The maximum absolute atomic E-state index is 3.63. The first-order chi connectivity index (χ1) is 6.07. The van der Waals surface area contributed by atoms with Gasteiger partial charge in [-0.2, -0.15) is 0 Å². The third kappa shape index (κ3) is 2.03. The molecule has 2 heterocycles. The maximum Gasteiger partial charge on any atom is 0.108 e. The largest absolute Gasteiger partial charge is 0.293 e. The highest BCUT2D eigenvalue weighted by Gasteiger charge is 2.36. The first-order valence-electron chi connectivity index (χ1n) is 5.16. The fourth-order valence-corrected chi connectivity index (χ4v) is 3.23. The molecule has 2 saturated heterocycles. The molecule has 13 heavy (non-hydrogen) atoms. The van der Waals surface area contributed by atoms with E-state index in [4.69, 9.17) is 0 Å². The zero-order chi connectivity index (χ0) is 9.47. The molecule has 2 fully saturated rings. The summed E-state index contributed by atoms with van der Waals surface area (Å²) in [5.41, 5.74) is 1.07. The average Bonchev–Trinajstić information content (AvgIpc) is 2.47. The molecule has 0 radical (unpaired) electrons. The Morgan fingerprint density at radius 2 is 2.15 bits per heavy atom. The molecule has 76 valence electrons. The molecule has 2 atom stereocenters. The SMILES string of the molecule is CC(C)(C)C1CNC2SCCN2C1. The van der Waals surface area contributed by atoms with E-state index < -0.39 is 0 Å². The van der Waals surface area contributed by atoms with Crippen molar-refractivity contribution in [3.8, 4) is 0 Å². The Kier molecular flexibility index (Phi) is 2.60. The monoisotopic (exact) mass is 200 g/mol. The van der Waals surface area contributed by atoms with Gasteiger partial charge in [0.05, 0.1) is 0 Å². The van der Waals surface area contributed by atoms with Crippen molar-refractivity contribution in [1.82, 2.24) is 10.2 Å². The number of nitrogens with zero attached hydrogens (tertiary/aromatic N) is 1. The molecule has 0 aromatic rings. The molecule has 2 nitrogen and oxygen atoms in total. The topological polar surface area (TPSA) is 15.3 Å². The van der Waals surface area contributed by atoms with Crippen molar-refractivity contribution in [1.29, 1.82) is 0 Å². The van der Waals surface area contributed by atoms with Gasteiger partial charge in [-0.3, -0.25) is 10.2 Å². The van der Waals surface area contributed by atoms with Gasteiger partial charge in [-0.15, -0.1) is 11.8 Å². The summed E-state index contributed by atoms with van der Waals surface area (Å²) >= 11 is 2.05. The van der Waals surface area contributed by atoms with Crippen LogP contribution in [-0.2, 0) is 0 Å². The Morgan fingerprint density at radius 3 is 2.85 bits per heavy atom. The highest BCUT2D eigenvalue weighted by Crippen LogP contribution is 2.33. The molecule has 0 aromatic heterocycles. The first-order valence-corrected chi connectivity index (χ1v) is 6.21. The highest BCUT2D eigenvalue weighted by molar-refractivity contribution is 8.00. The fourth-order valence-electron chi connectivity index (χ4n) is 2.05. The van der Waals surface area contributed by atoms with Crippen LogP contribution >= 0.6 is 11.8 Å². The van der Waals surface area contributed by atoms with Crippen LogP contribution in [0, 0.1) is 11.3 Å².